The van der Waals surface area contributed by atoms with Crippen molar-refractivity contribution in [3.8, 4) is 56.2 Å². The number of benzene rings is 6. The Morgan fingerprint density at radius 3 is 1.23 bits per heavy atom. The summed E-state index contributed by atoms with van der Waals surface area (Å²) in [5.41, 5.74) is 10.7. The molecule has 0 amide bonds. The minimum atomic E-state index is -0.380. The van der Waals surface area contributed by atoms with E-state index in [-0.39, 0.29) is 10.6 Å². The molecule has 0 atom stereocenters. The third kappa shape index (κ3) is 5.26. The maximum atomic E-state index is 12.0. The molecule has 0 N–H and O–H groups in total. The SMILES string of the molecule is O=[N+]([O-])c1ccccc1-c1nc2cc(-c3ccc4nc(-c5ccccc5)c(-c5ccccc5)nc4c3)ccc2nc1-c1ccccc1. The van der Waals surface area contributed by atoms with Gasteiger partial charge in [0.05, 0.1) is 49.6 Å². The molecule has 222 valence electrons. The molecule has 2 aromatic heterocycles. The lowest BCUT2D eigenvalue weighted by Crippen LogP contribution is -1.99. The maximum absolute atomic E-state index is 12.0. The molecule has 6 aromatic carbocycles. The topological polar surface area (TPSA) is 94.7 Å². The van der Waals surface area contributed by atoms with Crippen molar-refractivity contribution in [3.05, 3.63) is 162 Å². The fourth-order valence-electron chi connectivity index (χ4n) is 5.88. The van der Waals surface area contributed by atoms with Crippen molar-refractivity contribution in [2.24, 2.45) is 0 Å². The molecule has 0 spiro atoms. The second kappa shape index (κ2) is 11.7. The van der Waals surface area contributed by atoms with Crippen molar-refractivity contribution >= 4 is 27.8 Å². The first-order chi connectivity index (χ1) is 23.1. The Balaban J connectivity index is 1.29. The van der Waals surface area contributed by atoms with Crippen LogP contribution in [-0.2, 0) is 0 Å². The first-order valence-electron chi connectivity index (χ1n) is 15.2. The molecular weight excluding hydrogens is 582 g/mol. The van der Waals surface area contributed by atoms with E-state index < -0.39 is 0 Å². The van der Waals surface area contributed by atoms with Crippen molar-refractivity contribution in [2.45, 2.75) is 0 Å². The molecule has 8 aromatic rings. The molecule has 0 fully saturated rings. The molecule has 0 saturated carbocycles. The number of para-hydroxylation sites is 1. The Morgan fingerprint density at radius 1 is 0.383 bits per heavy atom. The lowest BCUT2D eigenvalue weighted by atomic mass is 10.0. The molecule has 0 unspecified atom stereocenters. The van der Waals surface area contributed by atoms with Crippen LogP contribution in [0.25, 0.3) is 78.2 Å². The Kier molecular flexibility index (Phi) is 6.96. The van der Waals surface area contributed by atoms with Crippen LogP contribution >= 0.6 is 0 Å². The lowest BCUT2D eigenvalue weighted by Gasteiger charge is -2.13. The molecule has 0 bridgehead atoms. The first kappa shape index (κ1) is 27.9. The van der Waals surface area contributed by atoms with Gasteiger partial charge in [0.2, 0.25) is 0 Å². The minimum absolute atomic E-state index is 0.0216. The molecular formula is C40H25N5O2. The van der Waals surface area contributed by atoms with Gasteiger partial charge in [-0.1, -0.05) is 115 Å². The van der Waals surface area contributed by atoms with Gasteiger partial charge in [0.15, 0.2) is 0 Å². The van der Waals surface area contributed by atoms with Gasteiger partial charge >= 0.3 is 0 Å². The van der Waals surface area contributed by atoms with E-state index in [2.05, 4.69) is 0 Å². The van der Waals surface area contributed by atoms with E-state index in [4.69, 9.17) is 19.9 Å². The normalized spacial score (nSPS) is 11.1. The Morgan fingerprint density at radius 2 is 0.766 bits per heavy atom. The Bertz CT molecular complexity index is 2430. The standard InChI is InChI=1S/C40H25N5O2/c46-45(47)36-19-11-10-18-31(36)40-39(28-16-8-3-9-17-28)42-33-23-21-30(25-35(33)44-40)29-20-22-32-34(24-29)43-38(27-14-6-2-7-15-27)37(41-32)26-12-4-1-5-13-26/h1-25H. The van der Waals surface area contributed by atoms with Crippen molar-refractivity contribution < 1.29 is 4.92 Å². The van der Waals surface area contributed by atoms with Crippen molar-refractivity contribution in [2.75, 3.05) is 0 Å². The Labute approximate surface area is 270 Å². The summed E-state index contributed by atoms with van der Waals surface area (Å²) in [7, 11) is 0. The van der Waals surface area contributed by atoms with Crippen LogP contribution in [0.5, 0.6) is 0 Å². The molecule has 7 nitrogen and oxygen atoms in total. The maximum Gasteiger partial charge on any atom is 0.278 e. The number of nitrogens with zero attached hydrogens (tertiary/aromatic N) is 5. The summed E-state index contributed by atoms with van der Waals surface area (Å²) in [5.74, 6) is 0. The summed E-state index contributed by atoms with van der Waals surface area (Å²) in [6, 6.07) is 48.5. The average Bonchev–Trinajstić information content (AvgIpc) is 3.14. The molecule has 7 heteroatoms. The predicted molar refractivity (Wildman–Crippen MR) is 186 cm³/mol. The largest absolute Gasteiger partial charge is 0.278 e. The summed E-state index contributed by atoms with van der Waals surface area (Å²) in [6.45, 7) is 0. The number of rotatable bonds is 6. The van der Waals surface area contributed by atoms with Gasteiger partial charge in [-0.05, 0) is 41.5 Å². The smallest absolute Gasteiger partial charge is 0.258 e. The zero-order chi connectivity index (χ0) is 31.7. The van der Waals surface area contributed by atoms with Crippen molar-refractivity contribution in [1.29, 1.82) is 0 Å². The summed E-state index contributed by atoms with van der Waals surface area (Å²) in [6.07, 6.45) is 0. The quantitative estimate of drug-likeness (QED) is 0.138. The van der Waals surface area contributed by atoms with Crippen LogP contribution in [0, 0.1) is 10.1 Å². The molecule has 2 heterocycles. The third-order valence-corrected chi connectivity index (χ3v) is 8.16. The summed E-state index contributed by atoms with van der Waals surface area (Å²) >= 11 is 0. The van der Waals surface area contributed by atoms with E-state index in [0.717, 1.165) is 50.2 Å². The van der Waals surface area contributed by atoms with Gasteiger partial charge in [0.25, 0.3) is 5.69 Å². The highest BCUT2D eigenvalue weighted by atomic mass is 16.6. The average molecular weight is 608 g/mol. The highest BCUT2D eigenvalue weighted by Gasteiger charge is 2.21. The number of fused-ring (bicyclic) bond motifs is 2. The highest BCUT2D eigenvalue weighted by Crippen LogP contribution is 2.37. The van der Waals surface area contributed by atoms with Gasteiger partial charge in [-0.25, -0.2) is 19.9 Å². The fourth-order valence-corrected chi connectivity index (χ4v) is 5.88. The van der Waals surface area contributed by atoms with Gasteiger partial charge in [-0.15, -0.1) is 0 Å². The van der Waals surface area contributed by atoms with E-state index in [0.29, 0.717) is 28.0 Å². The van der Waals surface area contributed by atoms with Crippen LogP contribution in [0.1, 0.15) is 0 Å². The van der Waals surface area contributed by atoms with Gasteiger partial charge < -0.3 is 0 Å². The number of aromatic nitrogens is 4. The lowest BCUT2D eigenvalue weighted by molar-refractivity contribution is -0.384. The van der Waals surface area contributed by atoms with E-state index in [1.807, 2.05) is 127 Å². The van der Waals surface area contributed by atoms with E-state index in [9.17, 15) is 10.1 Å². The second-order valence-electron chi connectivity index (χ2n) is 11.1. The van der Waals surface area contributed by atoms with Gasteiger partial charge in [0, 0.05) is 22.8 Å². The van der Waals surface area contributed by atoms with Gasteiger partial charge in [-0.3, -0.25) is 10.1 Å². The molecule has 47 heavy (non-hydrogen) atoms. The van der Waals surface area contributed by atoms with Crippen LogP contribution < -0.4 is 0 Å². The summed E-state index contributed by atoms with van der Waals surface area (Å²) in [5, 5.41) is 12.0. The Hall–Kier alpha value is -6.60. The second-order valence-corrected chi connectivity index (χ2v) is 11.1. The van der Waals surface area contributed by atoms with E-state index in [1.165, 1.54) is 6.07 Å². The molecule has 0 aliphatic carbocycles. The third-order valence-electron chi connectivity index (χ3n) is 8.16. The van der Waals surface area contributed by atoms with Crippen LogP contribution in [0.15, 0.2) is 152 Å². The zero-order valence-electron chi connectivity index (χ0n) is 25.0. The minimum Gasteiger partial charge on any atom is -0.258 e. The van der Waals surface area contributed by atoms with Crippen LogP contribution in [0.4, 0.5) is 5.69 Å². The van der Waals surface area contributed by atoms with Gasteiger partial charge in [0.1, 0.15) is 5.69 Å². The molecule has 0 radical (unpaired) electrons. The molecule has 0 aliphatic heterocycles. The highest BCUT2D eigenvalue weighted by molar-refractivity contribution is 5.92. The summed E-state index contributed by atoms with van der Waals surface area (Å²) in [4.78, 5) is 31.9. The molecule has 0 saturated heterocycles. The van der Waals surface area contributed by atoms with E-state index >= 15 is 0 Å². The predicted octanol–water partition coefficient (Wildman–Crippen LogP) is 9.82. The van der Waals surface area contributed by atoms with Crippen LogP contribution in [0.2, 0.25) is 0 Å². The molecule has 8 rings (SSSR count). The van der Waals surface area contributed by atoms with E-state index in [1.54, 1.807) is 18.2 Å². The zero-order valence-corrected chi connectivity index (χ0v) is 25.0. The number of nitro groups is 1. The van der Waals surface area contributed by atoms with Crippen molar-refractivity contribution in [3.63, 3.8) is 0 Å². The number of hydrogen-bond donors (Lipinski definition) is 0. The first-order valence-corrected chi connectivity index (χ1v) is 15.2. The summed E-state index contributed by atoms with van der Waals surface area (Å²) < 4.78 is 0. The number of hydrogen-bond acceptors (Lipinski definition) is 6. The fraction of sp³-hybridized carbons (Fsp3) is 0. The number of nitro benzene ring substituents is 1. The van der Waals surface area contributed by atoms with Crippen LogP contribution in [-0.4, -0.2) is 24.9 Å². The molecule has 0 aliphatic rings. The van der Waals surface area contributed by atoms with Crippen LogP contribution in [0.3, 0.4) is 0 Å². The van der Waals surface area contributed by atoms with Crippen molar-refractivity contribution in [1.82, 2.24) is 19.9 Å². The van der Waals surface area contributed by atoms with Gasteiger partial charge in [-0.2, -0.15) is 0 Å². The monoisotopic (exact) mass is 607 g/mol.